The monoisotopic (exact) mass is 490 g/mol. The number of nitrogens with one attached hydrogen (secondary N) is 2. The van der Waals surface area contributed by atoms with Gasteiger partial charge in [-0.15, -0.1) is 35.3 Å². The van der Waals surface area contributed by atoms with Crippen molar-refractivity contribution >= 4 is 41.3 Å². The fourth-order valence-corrected chi connectivity index (χ4v) is 3.19. The minimum atomic E-state index is 0. The Morgan fingerprint density at radius 3 is 2.69 bits per heavy atom. The largest absolute Gasteiger partial charge is 0.508 e. The van der Waals surface area contributed by atoms with Crippen LogP contribution in [-0.2, 0) is 13.0 Å². The predicted octanol–water partition coefficient (Wildman–Crippen LogP) is 3.39. The highest BCUT2D eigenvalue weighted by Crippen LogP contribution is 2.23. The summed E-state index contributed by atoms with van der Waals surface area (Å²) in [6.07, 6.45) is 0.855. The highest BCUT2D eigenvalue weighted by Gasteiger charge is 2.06. The van der Waals surface area contributed by atoms with Crippen molar-refractivity contribution in [1.29, 1.82) is 0 Å². The van der Waals surface area contributed by atoms with E-state index >= 15 is 0 Å². The summed E-state index contributed by atoms with van der Waals surface area (Å²) in [6.45, 7) is 8.04. The third kappa shape index (κ3) is 6.64. The number of ether oxygens (including phenoxy) is 1. The first-order valence-electron chi connectivity index (χ1n) is 8.34. The van der Waals surface area contributed by atoms with E-state index in [1.54, 1.807) is 36.6 Å². The Morgan fingerprint density at radius 1 is 1.31 bits per heavy atom. The SMILES string of the molecule is CCNC(=NCc1cc(OC)ccc1O)NCCc1nc(C)c(C)s1.I. The van der Waals surface area contributed by atoms with Gasteiger partial charge in [-0.2, -0.15) is 0 Å². The van der Waals surface area contributed by atoms with Crippen LogP contribution in [0, 0.1) is 13.8 Å². The minimum absolute atomic E-state index is 0. The zero-order valence-electron chi connectivity index (χ0n) is 15.6. The lowest BCUT2D eigenvalue weighted by atomic mass is 10.2. The van der Waals surface area contributed by atoms with Crippen LogP contribution < -0.4 is 15.4 Å². The number of thiazole rings is 1. The van der Waals surface area contributed by atoms with Crippen LogP contribution in [0.5, 0.6) is 11.5 Å². The zero-order valence-corrected chi connectivity index (χ0v) is 18.8. The molecule has 1 aromatic carbocycles. The minimum Gasteiger partial charge on any atom is -0.508 e. The molecule has 0 bridgehead atoms. The Balaban J connectivity index is 0.00000338. The van der Waals surface area contributed by atoms with E-state index in [1.807, 2.05) is 13.8 Å². The molecule has 0 atom stereocenters. The molecule has 26 heavy (non-hydrogen) atoms. The first-order valence-corrected chi connectivity index (χ1v) is 9.16. The fraction of sp³-hybridized carbons (Fsp3) is 0.444. The predicted molar refractivity (Wildman–Crippen MR) is 118 cm³/mol. The standard InChI is InChI=1S/C18H26N4O2S.HI/c1-5-19-18(20-9-8-17-22-12(2)13(3)25-17)21-11-14-10-15(24-4)6-7-16(14)23;/h6-7,10,23H,5,8-9,11H2,1-4H3,(H2,19,20,21);1H. The molecule has 0 unspecified atom stereocenters. The molecule has 144 valence electrons. The van der Waals surface area contributed by atoms with Crippen LogP contribution in [0.2, 0.25) is 0 Å². The molecule has 8 heteroatoms. The van der Waals surface area contributed by atoms with Gasteiger partial charge in [0.15, 0.2) is 5.96 Å². The smallest absolute Gasteiger partial charge is 0.191 e. The van der Waals surface area contributed by atoms with Crippen molar-refractivity contribution in [3.05, 3.63) is 39.3 Å². The van der Waals surface area contributed by atoms with Gasteiger partial charge in [-0.1, -0.05) is 0 Å². The molecule has 1 heterocycles. The number of aromatic nitrogens is 1. The number of guanidine groups is 1. The molecule has 6 nitrogen and oxygen atoms in total. The summed E-state index contributed by atoms with van der Waals surface area (Å²) in [6, 6.07) is 5.14. The highest BCUT2D eigenvalue weighted by atomic mass is 127. The van der Waals surface area contributed by atoms with E-state index in [2.05, 4.69) is 27.5 Å². The molecule has 0 aliphatic carbocycles. The van der Waals surface area contributed by atoms with Crippen LogP contribution in [0.25, 0.3) is 0 Å². The molecule has 0 aliphatic rings. The molecule has 0 radical (unpaired) electrons. The summed E-state index contributed by atoms with van der Waals surface area (Å²) in [5.74, 6) is 1.64. The average molecular weight is 490 g/mol. The van der Waals surface area contributed by atoms with Crippen LogP contribution in [0.4, 0.5) is 0 Å². The van der Waals surface area contributed by atoms with Crippen molar-refractivity contribution < 1.29 is 9.84 Å². The van der Waals surface area contributed by atoms with E-state index in [0.29, 0.717) is 12.3 Å². The number of halogens is 1. The van der Waals surface area contributed by atoms with Crippen molar-refractivity contribution in [3.63, 3.8) is 0 Å². The Bertz CT molecular complexity index is 714. The van der Waals surface area contributed by atoms with E-state index in [0.717, 1.165) is 41.7 Å². The quantitative estimate of drug-likeness (QED) is 0.315. The maximum Gasteiger partial charge on any atom is 0.191 e. The van der Waals surface area contributed by atoms with Crippen LogP contribution in [0.1, 0.15) is 28.1 Å². The third-order valence-electron chi connectivity index (χ3n) is 3.74. The van der Waals surface area contributed by atoms with Crippen LogP contribution in [0.15, 0.2) is 23.2 Å². The topological polar surface area (TPSA) is 78.8 Å². The lowest BCUT2D eigenvalue weighted by Crippen LogP contribution is -2.38. The molecular formula is C18H27IN4O2S. The molecule has 0 saturated carbocycles. The van der Waals surface area contributed by atoms with Crippen LogP contribution in [0.3, 0.4) is 0 Å². The second-order valence-corrected chi connectivity index (χ2v) is 6.90. The Kier molecular flexibility index (Phi) is 9.71. The number of nitrogens with zero attached hydrogens (tertiary/aromatic N) is 2. The molecule has 0 spiro atoms. The molecular weight excluding hydrogens is 463 g/mol. The van der Waals surface area contributed by atoms with E-state index in [1.165, 1.54) is 4.88 Å². The second kappa shape index (κ2) is 11.2. The lowest BCUT2D eigenvalue weighted by molar-refractivity contribution is 0.411. The normalized spacial score (nSPS) is 11.0. The number of aromatic hydroxyl groups is 1. The summed E-state index contributed by atoms with van der Waals surface area (Å²) in [5.41, 5.74) is 1.83. The number of methoxy groups -OCH3 is 1. The number of phenolic OH excluding ortho intramolecular Hbond substituents is 1. The van der Waals surface area contributed by atoms with E-state index < -0.39 is 0 Å². The van der Waals surface area contributed by atoms with Gasteiger partial charge >= 0.3 is 0 Å². The van der Waals surface area contributed by atoms with Crippen molar-refractivity contribution in [3.8, 4) is 11.5 Å². The summed E-state index contributed by atoms with van der Waals surface area (Å²) in [7, 11) is 1.60. The van der Waals surface area contributed by atoms with Crippen molar-refractivity contribution in [2.45, 2.75) is 33.7 Å². The van der Waals surface area contributed by atoms with Gasteiger partial charge in [0, 0.05) is 30.0 Å². The average Bonchev–Trinajstić information content (AvgIpc) is 2.92. The molecule has 3 N–H and O–H groups in total. The summed E-state index contributed by atoms with van der Waals surface area (Å²) in [4.78, 5) is 10.4. The van der Waals surface area contributed by atoms with Gasteiger partial charge in [0.25, 0.3) is 0 Å². The van der Waals surface area contributed by atoms with Crippen molar-refractivity contribution in [2.24, 2.45) is 4.99 Å². The van der Waals surface area contributed by atoms with Gasteiger partial charge in [0.1, 0.15) is 11.5 Å². The summed E-state index contributed by atoms with van der Waals surface area (Å²) in [5, 5.41) is 17.6. The molecule has 0 amide bonds. The van der Waals surface area contributed by atoms with Crippen molar-refractivity contribution in [2.75, 3.05) is 20.2 Å². The van der Waals surface area contributed by atoms with Gasteiger partial charge in [-0.25, -0.2) is 9.98 Å². The second-order valence-electron chi connectivity index (χ2n) is 5.62. The summed E-state index contributed by atoms with van der Waals surface area (Å²) < 4.78 is 5.19. The van der Waals surface area contributed by atoms with E-state index in [4.69, 9.17) is 4.74 Å². The fourth-order valence-electron chi connectivity index (χ4n) is 2.26. The molecule has 0 saturated heterocycles. The number of aryl methyl sites for hydroxylation is 2. The Morgan fingerprint density at radius 2 is 2.08 bits per heavy atom. The summed E-state index contributed by atoms with van der Waals surface area (Å²) >= 11 is 1.74. The first kappa shape index (κ1) is 22.5. The van der Waals surface area contributed by atoms with Gasteiger partial charge in [-0.05, 0) is 39.0 Å². The van der Waals surface area contributed by atoms with Crippen LogP contribution >= 0.6 is 35.3 Å². The lowest BCUT2D eigenvalue weighted by Gasteiger charge is -2.11. The molecule has 1 aromatic heterocycles. The number of hydrogen-bond donors (Lipinski definition) is 3. The molecule has 2 rings (SSSR count). The first-order chi connectivity index (χ1) is 12.0. The van der Waals surface area contributed by atoms with E-state index in [9.17, 15) is 5.11 Å². The van der Waals surface area contributed by atoms with E-state index in [-0.39, 0.29) is 29.7 Å². The number of hydrogen-bond acceptors (Lipinski definition) is 5. The zero-order chi connectivity index (χ0) is 18.2. The Labute approximate surface area is 176 Å². The Hall–Kier alpha value is -1.55. The van der Waals surface area contributed by atoms with Gasteiger partial charge in [-0.3, -0.25) is 0 Å². The molecule has 0 aliphatic heterocycles. The highest BCUT2D eigenvalue weighted by molar-refractivity contribution is 14.0. The van der Waals surface area contributed by atoms with Gasteiger partial charge in [0.05, 0.1) is 24.4 Å². The molecule has 2 aromatic rings. The number of aliphatic imine (C=N–C) groups is 1. The number of benzene rings is 1. The number of phenols is 1. The van der Waals surface area contributed by atoms with Gasteiger partial charge < -0.3 is 20.5 Å². The maximum absolute atomic E-state index is 9.95. The number of rotatable bonds is 7. The third-order valence-corrected chi connectivity index (χ3v) is 4.88. The van der Waals surface area contributed by atoms with Crippen LogP contribution in [-0.4, -0.2) is 36.2 Å². The molecule has 0 fully saturated rings. The van der Waals surface area contributed by atoms with Crippen molar-refractivity contribution in [1.82, 2.24) is 15.6 Å². The van der Waals surface area contributed by atoms with Gasteiger partial charge in [0.2, 0.25) is 0 Å². The maximum atomic E-state index is 9.95.